The Labute approximate surface area is 200 Å². The summed E-state index contributed by atoms with van der Waals surface area (Å²) in [4.78, 5) is 18.2. The molecule has 4 rings (SSSR count). The molecule has 0 bridgehead atoms. The van der Waals surface area contributed by atoms with Gasteiger partial charge in [0.05, 0.1) is 30.8 Å². The average Bonchev–Trinajstić information content (AvgIpc) is 2.83. The fraction of sp³-hybridized carbons (Fsp3) is 0.375. The maximum atomic E-state index is 13.4. The Hall–Kier alpha value is -2.38. The van der Waals surface area contributed by atoms with Crippen molar-refractivity contribution < 1.29 is 9.47 Å². The fourth-order valence-electron chi connectivity index (χ4n) is 4.13. The van der Waals surface area contributed by atoms with Gasteiger partial charge in [-0.05, 0) is 53.9 Å². The van der Waals surface area contributed by atoms with E-state index >= 15 is 0 Å². The number of halogens is 2. The molecule has 0 spiro atoms. The summed E-state index contributed by atoms with van der Waals surface area (Å²) in [6, 6.07) is 9.19. The molecule has 1 fully saturated rings. The van der Waals surface area contributed by atoms with Crippen molar-refractivity contribution in [2.24, 2.45) is 5.10 Å². The topological polar surface area (TPSA) is 65.7 Å². The molecule has 3 aromatic rings. The van der Waals surface area contributed by atoms with Crippen LogP contribution in [0.4, 0.5) is 0 Å². The predicted molar refractivity (Wildman–Crippen MR) is 132 cm³/mol. The van der Waals surface area contributed by atoms with Gasteiger partial charge in [0, 0.05) is 16.0 Å². The van der Waals surface area contributed by atoms with E-state index in [2.05, 4.69) is 21.0 Å². The summed E-state index contributed by atoms with van der Waals surface area (Å²) < 4.78 is 13.1. The van der Waals surface area contributed by atoms with E-state index in [1.165, 1.54) is 11.1 Å². The molecular weight excluding hydrogens is 494 g/mol. The molecule has 0 aliphatic heterocycles. The van der Waals surface area contributed by atoms with Gasteiger partial charge in [0.15, 0.2) is 11.5 Å². The van der Waals surface area contributed by atoms with E-state index in [0.29, 0.717) is 49.9 Å². The van der Waals surface area contributed by atoms with Crippen LogP contribution in [-0.2, 0) is 0 Å². The second-order valence-corrected chi connectivity index (χ2v) is 8.91. The zero-order valence-electron chi connectivity index (χ0n) is 18.1. The van der Waals surface area contributed by atoms with Crippen LogP contribution in [0.25, 0.3) is 10.9 Å². The normalized spacial score (nSPS) is 14.9. The minimum Gasteiger partial charge on any atom is -0.493 e. The largest absolute Gasteiger partial charge is 0.493 e. The molecule has 1 aliphatic rings. The van der Waals surface area contributed by atoms with E-state index in [1.54, 1.807) is 25.5 Å². The number of hydrogen-bond acceptors (Lipinski definition) is 5. The van der Waals surface area contributed by atoms with E-state index < -0.39 is 0 Å². The molecule has 0 unspecified atom stereocenters. The molecule has 168 valence electrons. The number of fused-ring (bicyclic) bond motifs is 1. The minimum atomic E-state index is -0.174. The van der Waals surface area contributed by atoms with Crippen molar-refractivity contribution in [2.45, 2.75) is 44.9 Å². The second kappa shape index (κ2) is 10.0. The first-order chi connectivity index (χ1) is 15.5. The number of hydrogen-bond donors (Lipinski definition) is 0. The summed E-state index contributed by atoms with van der Waals surface area (Å²) in [5.41, 5.74) is 1.20. The summed E-state index contributed by atoms with van der Waals surface area (Å²) in [5.74, 6) is 1.89. The first kappa shape index (κ1) is 22.8. The molecule has 0 N–H and O–H groups in total. The van der Waals surface area contributed by atoms with Gasteiger partial charge in [-0.15, -0.1) is 0 Å². The third kappa shape index (κ3) is 4.41. The molecule has 0 radical (unpaired) electrons. The van der Waals surface area contributed by atoms with Crippen LogP contribution in [-0.4, -0.2) is 29.6 Å². The molecule has 0 saturated heterocycles. The standard InChI is InChI=1S/C24H25BrClN3O3/c1-3-32-22-19(31-2)13-16(20(25)21(22)26)14-27-29-23(15-9-5-4-6-10-15)28-18-12-8-7-11-17(18)24(29)30/h7-8,11-15H,3-6,9-10H2,1-2H3. The van der Waals surface area contributed by atoms with Crippen LogP contribution in [0.15, 0.2) is 44.7 Å². The van der Waals surface area contributed by atoms with Crippen LogP contribution in [0.3, 0.4) is 0 Å². The average molecular weight is 519 g/mol. The Bertz CT molecular complexity index is 1220. The lowest BCUT2D eigenvalue weighted by Crippen LogP contribution is -2.25. The monoisotopic (exact) mass is 517 g/mol. The lowest BCUT2D eigenvalue weighted by molar-refractivity contribution is 0.311. The number of aromatic nitrogens is 2. The molecule has 0 amide bonds. The molecule has 6 nitrogen and oxygen atoms in total. The van der Waals surface area contributed by atoms with E-state index in [1.807, 2.05) is 25.1 Å². The van der Waals surface area contributed by atoms with Gasteiger partial charge >= 0.3 is 0 Å². The van der Waals surface area contributed by atoms with Crippen molar-refractivity contribution in [1.29, 1.82) is 0 Å². The Morgan fingerprint density at radius 3 is 2.75 bits per heavy atom. The third-order valence-corrected chi connectivity index (χ3v) is 7.17. The highest BCUT2D eigenvalue weighted by atomic mass is 79.9. The first-order valence-corrected chi connectivity index (χ1v) is 12.0. The van der Waals surface area contributed by atoms with Gasteiger partial charge in [-0.25, -0.2) is 4.98 Å². The number of ether oxygens (including phenoxy) is 2. The van der Waals surface area contributed by atoms with Crippen molar-refractivity contribution in [3.8, 4) is 11.5 Å². The summed E-state index contributed by atoms with van der Waals surface area (Å²) in [5, 5.41) is 5.53. The minimum absolute atomic E-state index is 0.174. The van der Waals surface area contributed by atoms with Crippen molar-refractivity contribution in [1.82, 2.24) is 9.66 Å². The highest BCUT2D eigenvalue weighted by molar-refractivity contribution is 9.10. The predicted octanol–water partition coefficient (Wildman–Crippen LogP) is 6.15. The summed E-state index contributed by atoms with van der Waals surface area (Å²) in [6.07, 6.45) is 7.11. The maximum absolute atomic E-state index is 13.4. The first-order valence-electron chi connectivity index (χ1n) is 10.8. The number of methoxy groups -OCH3 is 1. The zero-order valence-corrected chi connectivity index (χ0v) is 20.4. The lowest BCUT2D eigenvalue weighted by Gasteiger charge is -2.22. The Kier molecular flexibility index (Phi) is 7.16. The van der Waals surface area contributed by atoms with Crippen LogP contribution in [0, 0.1) is 0 Å². The van der Waals surface area contributed by atoms with Gasteiger partial charge in [0.2, 0.25) is 0 Å². The number of rotatable bonds is 6. The van der Waals surface area contributed by atoms with Crippen molar-refractivity contribution >= 4 is 44.6 Å². The van der Waals surface area contributed by atoms with E-state index in [4.69, 9.17) is 26.1 Å². The fourth-order valence-corrected chi connectivity index (χ4v) is 4.78. The lowest BCUT2D eigenvalue weighted by atomic mass is 9.88. The molecule has 1 saturated carbocycles. The van der Waals surface area contributed by atoms with Crippen LogP contribution >= 0.6 is 27.5 Å². The van der Waals surface area contributed by atoms with Crippen LogP contribution in [0.5, 0.6) is 11.5 Å². The Morgan fingerprint density at radius 1 is 1.28 bits per heavy atom. The molecule has 1 aromatic heterocycles. The van der Waals surface area contributed by atoms with Gasteiger partial charge in [-0.2, -0.15) is 9.78 Å². The zero-order chi connectivity index (χ0) is 22.7. The van der Waals surface area contributed by atoms with Crippen molar-refractivity contribution in [3.05, 3.63) is 61.6 Å². The number of nitrogens with zero attached hydrogens (tertiary/aromatic N) is 3. The van der Waals surface area contributed by atoms with Gasteiger partial charge < -0.3 is 9.47 Å². The molecule has 0 atom stereocenters. The van der Waals surface area contributed by atoms with E-state index in [-0.39, 0.29) is 11.5 Å². The van der Waals surface area contributed by atoms with Gasteiger partial charge in [0.1, 0.15) is 10.8 Å². The number of para-hydroxylation sites is 1. The van der Waals surface area contributed by atoms with Crippen LogP contribution in [0.1, 0.15) is 56.3 Å². The summed E-state index contributed by atoms with van der Waals surface area (Å²) >= 11 is 10.0. The smallest absolute Gasteiger partial charge is 0.282 e. The van der Waals surface area contributed by atoms with E-state index in [0.717, 1.165) is 25.7 Å². The Balaban J connectivity index is 1.84. The molecule has 1 aliphatic carbocycles. The maximum Gasteiger partial charge on any atom is 0.282 e. The van der Waals surface area contributed by atoms with Gasteiger partial charge in [-0.1, -0.05) is 43.0 Å². The third-order valence-electron chi connectivity index (χ3n) is 5.73. The second-order valence-electron chi connectivity index (χ2n) is 7.74. The van der Waals surface area contributed by atoms with E-state index in [9.17, 15) is 4.79 Å². The quantitative estimate of drug-likeness (QED) is 0.367. The molecule has 1 heterocycles. The number of benzene rings is 2. The molecule has 2 aromatic carbocycles. The molecule has 8 heteroatoms. The summed E-state index contributed by atoms with van der Waals surface area (Å²) in [7, 11) is 1.56. The molecular formula is C24H25BrClN3O3. The Morgan fingerprint density at radius 2 is 2.03 bits per heavy atom. The van der Waals surface area contributed by atoms with Gasteiger partial charge in [0.25, 0.3) is 5.56 Å². The highest BCUT2D eigenvalue weighted by Crippen LogP contribution is 2.42. The highest BCUT2D eigenvalue weighted by Gasteiger charge is 2.23. The van der Waals surface area contributed by atoms with Crippen molar-refractivity contribution in [2.75, 3.05) is 13.7 Å². The van der Waals surface area contributed by atoms with Crippen molar-refractivity contribution in [3.63, 3.8) is 0 Å². The van der Waals surface area contributed by atoms with Crippen LogP contribution in [0.2, 0.25) is 5.02 Å². The van der Waals surface area contributed by atoms with Gasteiger partial charge in [-0.3, -0.25) is 4.79 Å². The van der Waals surface area contributed by atoms with Crippen LogP contribution < -0.4 is 15.0 Å². The summed E-state index contributed by atoms with van der Waals surface area (Å²) in [6.45, 7) is 2.34. The molecule has 32 heavy (non-hydrogen) atoms. The SMILES string of the molecule is CCOc1c(OC)cc(C=Nn2c(C3CCCCC3)nc3ccccc3c2=O)c(Br)c1Cl.